The average Bonchev–Trinajstić information content (AvgIpc) is 2.43. The highest BCUT2D eigenvalue weighted by Crippen LogP contribution is 2.24. The predicted molar refractivity (Wildman–Crippen MR) is 77.4 cm³/mol. The second-order valence-corrected chi connectivity index (χ2v) is 4.95. The van der Waals surface area contributed by atoms with E-state index in [2.05, 4.69) is 27.3 Å². The maximum absolute atomic E-state index is 13.0. The van der Waals surface area contributed by atoms with E-state index in [1.165, 1.54) is 12.1 Å². The molecule has 0 heterocycles. The molecule has 0 saturated carbocycles. The topological polar surface area (TPSA) is 35.8 Å². The highest BCUT2D eigenvalue weighted by Gasteiger charge is 2.10. The SMILES string of the molecule is N#CC(CNc1ccc(F)cc1Br)c1ccccc1. The van der Waals surface area contributed by atoms with Crippen molar-refractivity contribution in [2.45, 2.75) is 5.92 Å². The predicted octanol–water partition coefficient (Wildman–Crippen LogP) is 4.31. The van der Waals surface area contributed by atoms with E-state index in [0.717, 1.165) is 11.3 Å². The minimum Gasteiger partial charge on any atom is -0.382 e. The van der Waals surface area contributed by atoms with Gasteiger partial charge in [0.25, 0.3) is 0 Å². The minimum atomic E-state index is -0.294. The van der Waals surface area contributed by atoms with Crippen molar-refractivity contribution in [2.24, 2.45) is 0 Å². The average molecular weight is 319 g/mol. The molecule has 0 aliphatic rings. The molecule has 0 bridgehead atoms. The molecular weight excluding hydrogens is 307 g/mol. The molecule has 0 saturated heterocycles. The monoisotopic (exact) mass is 318 g/mol. The van der Waals surface area contributed by atoms with E-state index >= 15 is 0 Å². The molecule has 1 unspecified atom stereocenters. The van der Waals surface area contributed by atoms with Gasteiger partial charge in [-0.3, -0.25) is 0 Å². The molecule has 0 aliphatic heterocycles. The summed E-state index contributed by atoms with van der Waals surface area (Å²) in [6.45, 7) is 0.477. The van der Waals surface area contributed by atoms with Crippen molar-refractivity contribution in [1.29, 1.82) is 5.26 Å². The Morgan fingerprint density at radius 2 is 1.95 bits per heavy atom. The van der Waals surface area contributed by atoms with Gasteiger partial charge in [0.15, 0.2) is 0 Å². The zero-order valence-corrected chi connectivity index (χ0v) is 11.7. The molecule has 96 valence electrons. The number of nitrogens with one attached hydrogen (secondary N) is 1. The summed E-state index contributed by atoms with van der Waals surface area (Å²) in [5.74, 6) is -0.532. The van der Waals surface area contributed by atoms with Gasteiger partial charge in [-0.1, -0.05) is 30.3 Å². The number of hydrogen-bond acceptors (Lipinski definition) is 2. The van der Waals surface area contributed by atoms with Gasteiger partial charge in [0, 0.05) is 16.7 Å². The minimum absolute atomic E-state index is 0.238. The standard InChI is InChI=1S/C15H12BrFN2/c16-14-8-13(17)6-7-15(14)19-10-12(9-18)11-4-2-1-3-5-11/h1-8,12,19H,10H2. The summed E-state index contributed by atoms with van der Waals surface area (Å²) in [5, 5.41) is 12.4. The Labute approximate surface area is 120 Å². The van der Waals surface area contributed by atoms with Gasteiger partial charge in [0.1, 0.15) is 5.82 Å². The van der Waals surface area contributed by atoms with Crippen molar-refractivity contribution >= 4 is 21.6 Å². The third-order valence-corrected chi connectivity index (χ3v) is 3.44. The molecule has 2 rings (SSSR count). The lowest BCUT2D eigenvalue weighted by Gasteiger charge is -2.13. The number of hydrogen-bond donors (Lipinski definition) is 1. The van der Waals surface area contributed by atoms with Crippen LogP contribution in [0.3, 0.4) is 0 Å². The molecule has 0 aliphatic carbocycles. The van der Waals surface area contributed by atoms with Gasteiger partial charge >= 0.3 is 0 Å². The first kappa shape index (κ1) is 13.6. The molecule has 1 N–H and O–H groups in total. The summed E-state index contributed by atoms with van der Waals surface area (Å²) < 4.78 is 13.6. The number of halogens is 2. The molecule has 1 atom stereocenters. The number of rotatable bonds is 4. The fraction of sp³-hybridized carbons (Fsp3) is 0.133. The largest absolute Gasteiger partial charge is 0.382 e. The number of nitrogens with zero attached hydrogens (tertiary/aromatic N) is 1. The first-order valence-corrected chi connectivity index (χ1v) is 6.63. The Bertz CT molecular complexity index is 593. The van der Waals surface area contributed by atoms with Crippen LogP contribution in [0.5, 0.6) is 0 Å². The van der Waals surface area contributed by atoms with E-state index in [4.69, 9.17) is 0 Å². The molecule has 2 aromatic rings. The Hall–Kier alpha value is -1.86. The van der Waals surface area contributed by atoms with E-state index < -0.39 is 0 Å². The fourth-order valence-electron chi connectivity index (χ4n) is 1.77. The molecule has 0 radical (unpaired) electrons. The molecule has 0 spiro atoms. The first-order chi connectivity index (χ1) is 9.20. The summed E-state index contributed by atoms with van der Waals surface area (Å²) in [6, 6.07) is 16.3. The van der Waals surface area contributed by atoms with E-state index in [0.29, 0.717) is 11.0 Å². The van der Waals surface area contributed by atoms with Crippen LogP contribution >= 0.6 is 15.9 Å². The van der Waals surface area contributed by atoms with Gasteiger partial charge in [-0.15, -0.1) is 0 Å². The lowest BCUT2D eigenvalue weighted by atomic mass is 10.0. The quantitative estimate of drug-likeness (QED) is 0.911. The summed E-state index contributed by atoms with van der Waals surface area (Å²) in [4.78, 5) is 0. The second-order valence-electron chi connectivity index (χ2n) is 4.10. The first-order valence-electron chi connectivity index (χ1n) is 5.84. The van der Waals surface area contributed by atoms with Crippen molar-refractivity contribution in [2.75, 3.05) is 11.9 Å². The van der Waals surface area contributed by atoms with Crippen LogP contribution in [0.15, 0.2) is 53.0 Å². The maximum atomic E-state index is 13.0. The molecule has 2 nitrogen and oxygen atoms in total. The molecule has 0 fully saturated rings. The number of anilines is 1. The Morgan fingerprint density at radius 3 is 2.58 bits per heavy atom. The van der Waals surface area contributed by atoms with Gasteiger partial charge in [-0.05, 0) is 39.7 Å². The van der Waals surface area contributed by atoms with E-state index in [-0.39, 0.29) is 11.7 Å². The molecule has 4 heteroatoms. The van der Waals surface area contributed by atoms with Gasteiger partial charge in [-0.25, -0.2) is 4.39 Å². The van der Waals surface area contributed by atoms with Crippen LogP contribution in [0.25, 0.3) is 0 Å². The third kappa shape index (κ3) is 3.55. The van der Waals surface area contributed by atoms with Gasteiger partial charge in [-0.2, -0.15) is 5.26 Å². The number of nitriles is 1. The fourth-order valence-corrected chi connectivity index (χ4v) is 2.26. The zero-order valence-electron chi connectivity index (χ0n) is 10.1. The molecular formula is C15H12BrFN2. The summed E-state index contributed by atoms with van der Waals surface area (Å²) in [5.41, 5.74) is 1.74. The van der Waals surface area contributed by atoms with Crippen molar-refractivity contribution in [3.05, 3.63) is 64.4 Å². The van der Waals surface area contributed by atoms with Gasteiger partial charge < -0.3 is 5.32 Å². The molecule has 2 aromatic carbocycles. The molecule has 0 amide bonds. The molecule has 19 heavy (non-hydrogen) atoms. The summed E-state index contributed by atoms with van der Waals surface area (Å²) >= 11 is 3.29. The van der Waals surface area contributed by atoms with Crippen molar-refractivity contribution < 1.29 is 4.39 Å². The number of benzene rings is 2. The van der Waals surface area contributed by atoms with E-state index in [9.17, 15) is 9.65 Å². The van der Waals surface area contributed by atoms with Gasteiger partial charge in [0.2, 0.25) is 0 Å². The van der Waals surface area contributed by atoms with Crippen LogP contribution in [0.1, 0.15) is 11.5 Å². The smallest absolute Gasteiger partial charge is 0.124 e. The lowest BCUT2D eigenvalue weighted by Crippen LogP contribution is -2.11. The van der Waals surface area contributed by atoms with Crippen molar-refractivity contribution in [3.63, 3.8) is 0 Å². The van der Waals surface area contributed by atoms with Crippen LogP contribution in [0.2, 0.25) is 0 Å². The summed E-state index contributed by atoms with van der Waals surface area (Å²) in [6.07, 6.45) is 0. The van der Waals surface area contributed by atoms with Crippen molar-refractivity contribution in [3.8, 4) is 6.07 Å². The Morgan fingerprint density at radius 1 is 1.21 bits per heavy atom. The summed E-state index contributed by atoms with van der Waals surface area (Å²) in [7, 11) is 0. The van der Waals surface area contributed by atoms with Crippen LogP contribution in [0.4, 0.5) is 10.1 Å². The van der Waals surface area contributed by atoms with Crippen LogP contribution < -0.4 is 5.32 Å². The Balaban J connectivity index is 2.07. The zero-order chi connectivity index (χ0) is 13.7. The van der Waals surface area contributed by atoms with Gasteiger partial charge in [0.05, 0.1) is 12.0 Å². The van der Waals surface area contributed by atoms with Crippen LogP contribution in [-0.4, -0.2) is 6.54 Å². The highest BCUT2D eigenvalue weighted by atomic mass is 79.9. The van der Waals surface area contributed by atoms with Crippen molar-refractivity contribution in [1.82, 2.24) is 0 Å². The lowest BCUT2D eigenvalue weighted by molar-refractivity contribution is 0.627. The normalized spacial score (nSPS) is 11.6. The van der Waals surface area contributed by atoms with E-state index in [1.54, 1.807) is 6.07 Å². The van der Waals surface area contributed by atoms with Crippen LogP contribution in [-0.2, 0) is 0 Å². The van der Waals surface area contributed by atoms with Crippen LogP contribution in [0, 0.1) is 17.1 Å². The van der Waals surface area contributed by atoms with E-state index in [1.807, 2.05) is 30.3 Å². The second kappa shape index (κ2) is 6.35. The third-order valence-electron chi connectivity index (χ3n) is 2.79. The molecule has 0 aromatic heterocycles. The maximum Gasteiger partial charge on any atom is 0.124 e. The Kier molecular flexibility index (Phi) is 4.53. The highest BCUT2D eigenvalue weighted by molar-refractivity contribution is 9.10.